The van der Waals surface area contributed by atoms with Crippen molar-refractivity contribution in [3.63, 3.8) is 0 Å². The zero-order valence-corrected chi connectivity index (χ0v) is 15.5. The van der Waals surface area contributed by atoms with Crippen molar-refractivity contribution in [2.75, 3.05) is 31.1 Å². The topological polar surface area (TPSA) is 73.3 Å². The van der Waals surface area contributed by atoms with E-state index < -0.39 is 0 Å². The Morgan fingerprint density at radius 1 is 1.07 bits per heavy atom. The van der Waals surface area contributed by atoms with Crippen LogP contribution in [-0.2, 0) is 13.0 Å². The highest BCUT2D eigenvalue weighted by molar-refractivity contribution is 5.63. The summed E-state index contributed by atoms with van der Waals surface area (Å²) in [5.74, 6) is 1.89. The summed E-state index contributed by atoms with van der Waals surface area (Å²) in [7, 11) is 0. The molecule has 0 bridgehead atoms. The lowest BCUT2D eigenvalue weighted by atomic mass is 10.1. The molecule has 0 aliphatic carbocycles. The van der Waals surface area contributed by atoms with Crippen LogP contribution in [0.25, 0.3) is 5.65 Å². The molecule has 27 heavy (non-hydrogen) atoms. The van der Waals surface area contributed by atoms with Crippen molar-refractivity contribution in [1.29, 1.82) is 5.26 Å². The predicted molar refractivity (Wildman–Crippen MR) is 103 cm³/mol. The van der Waals surface area contributed by atoms with Gasteiger partial charge in [-0.3, -0.25) is 9.30 Å². The molecule has 0 N–H and O–H groups in total. The van der Waals surface area contributed by atoms with Crippen LogP contribution in [0, 0.1) is 11.3 Å². The highest BCUT2D eigenvalue weighted by Gasteiger charge is 2.20. The fraction of sp³-hybridized carbons (Fsp3) is 0.400. The third-order valence-corrected chi connectivity index (χ3v) is 5.07. The van der Waals surface area contributed by atoms with E-state index in [9.17, 15) is 0 Å². The highest BCUT2D eigenvalue weighted by atomic mass is 15.3. The quantitative estimate of drug-likeness (QED) is 0.710. The molecule has 4 rings (SSSR count). The average molecular weight is 361 g/mol. The lowest BCUT2D eigenvalue weighted by Gasteiger charge is -2.23. The maximum atomic E-state index is 8.93. The largest absolute Gasteiger partial charge is 0.352 e. The van der Waals surface area contributed by atoms with Crippen LogP contribution in [-0.4, -0.2) is 50.7 Å². The highest BCUT2D eigenvalue weighted by Crippen LogP contribution is 2.20. The van der Waals surface area contributed by atoms with E-state index >= 15 is 0 Å². The lowest BCUT2D eigenvalue weighted by Crippen LogP contribution is -2.31. The van der Waals surface area contributed by atoms with E-state index in [1.54, 1.807) is 0 Å². The van der Waals surface area contributed by atoms with Crippen molar-refractivity contribution >= 4 is 11.5 Å². The molecule has 1 saturated heterocycles. The van der Waals surface area contributed by atoms with E-state index in [1.807, 2.05) is 41.1 Å². The Morgan fingerprint density at radius 2 is 1.93 bits per heavy atom. The molecule has 0 saturated carbocycles. The predicted octanol–water partition coefficient (Wildman–Crippen LogP) is 2.27. The van der Waals surface area contributed by atoms with Gasteiger partial charge < -0.3 is 4.90 Å². The summed E-state index contributed by atoms with van der Waals surface area (Å²) in [6, 6.07) is 10.0. The fourth-order valence-corrected chi connectivity index (χ4v) is 3.61. The summed E-state index contributed by atoms with van der Waals surface area (Å²) in [4.78, 5) is 9.38. The molecule has 0 unspecified atom stereocenters. The third kappa shape index (κ3) is 3.62. The summed E-state index contributed by atoms with van der Waals surface area (Å²) < 4.78 is 2.04. The van der Waals surface area contributed by atoms with E-state index in [4.69, 9.17) is 5.26 Å². The van der Waals surface area contributed by atoms with Crippen molar-refractivity contribution in [2.24, 2.45) is 0 Å². The maximum Gasteiger partial charge on any atom is 0.203 e. The number of hydrogen-bond acceptors (Lipinski definition) is 6. The van der Waals surface area contributed by atoms with E-state index in [1.165, 1.54) is 5.56 Å². The molecule has 0 amide bonds. The van der Waals surface area contributed by atoms with Crippen LogP contribution in [0.5, 0.6) is 0 Å². The molecule has 1 aliphatic rings. The number of nitrogens with zero attached hydrogens (tertiary/aromatic N) is 7. The van der Waals surface area contributed by atoms with Gasteiger partial charge in [0.2, 0.25) is 5.65 Å². The number of aryl methyl sites for hydroxylation is 1. The van der Waals surface area contributed by atoms with Crippen molar-refractivity contribution in [2.45, 2.75) is 26.3 Å². The number of hydrogen-bond donors (Lipinski definition) is 0. The van der Waals surface area contributed by atoms with Gasteiger partial charge in [-0.1, -0.05) is 19.1 Å². The molecule has 1 aromatic carbocycles. The number of anilines is 1. The molecule has 7 heteroatoms. The molecule has 1 fully saturated rings. The Hall–Kier alpha value is -2.98. The Bertz CT molecular complexity index is 955. The van der Waals surface area contributed by atoms with Crippen molar-refractivity contribution < 1.29 is 0 Å². The molecular formula is C20H23N7. The Morgan fingerprint density at radius 3 is 2.70 bits per heavy atom. The van der Waals surface area contributed by atoms with E-state index in [0.717, 1.165) is 62.9 Å². The number of benzene rings is 1. The summed E-state index contributed by atoms with van der Waals surface area (Å²) in [5.41, 5.74) is 2.79. The summed E-state index contributed by atoms with van der Waals surface area (Å²) in [5, 5.41) is 17.6. The van der Waals surface area contributed by atoms with Crippen LogP contribution in [0.3, 0.4) is 0 Å². The minimum Gasteiger partial charge on any atom is -0.352 e. The van der Waals surface area contributed by atoms with Crippen LogP contribution in [0.15, 0.2) is 36.7 Å². The van der Waals surface area contributed by atoms with Crippen LogP contribution in [0.1, 0.15) is 30.3 Å². The summed E-state index contributed by atoms with van der Waals surface area (Å²) in [6.45, 7) is 6.89. The fourth-order valence-electron chi connectivity index (χ4n) is 3.61. The molecule has 0 spiro atoms. The second-order valence-electron chi connectivity index (χ2n) is 6.84. The Kier molecular flexibility index (Phi) is 4.99. The normalized spacial score (nSPS) is 15.6. The second-order valence-corrected chi connectivity index (χ2v) is 6.84. The minimum absolute atomic E-state index is 0.708. The SMILES string of the molecule is CCc1nnc2c(N3CCCN(Cc4ccc(C#N)cc4)CC3)nccn12. The Labute approximate surface area is 158 Å². The number of aromatic nitrogens is 4. The van der Waals surface area contributed by atoms with Gasteiger partial charge in [-0.25, -0.2) is 4.98 Å². The van der Waals surface area contributed by atoms with E-state index in [-0.39, 0.29) is 0 Å². The second kappa shape index (κ2) is 7.72. The van der Waals surface area contributed by atoms with Gasteiger partial charge in [0, 0.05) is 51.5 Å². The van der Waals surface area contributed by atoms with Gasteiger partial charge in [-0.15, -0.1) is 10.2 Å². The Balaban J connectivity index is 1.47. The molecule has 7 nitrogen and oxygen atoms in total. The first-order valence-corrected chi connectivity index (χ1v) is 9.43. The zero-order chi connectivity index (χ0) is 18.6. The molecule has 0 atom stereocenters. The molecule has 1 aliphatic heterocycles. The minimum atomic E-state index is 0.708. The monoisotopic (exact) mass is 361 g/mol. The van der Waals surface area contributed by atoms with Gasteiger partial charge in [0.05, 0.1) is 11.6 Å². The number of nitriles is 1. The number of fused-ring (bicyclic) bond motifs is 1. The van der Waals surface area contributed by atoms with Gasteiger partial charge in [-0.05, 0) is 24.1 Å². The van der Waals surface area contributed by atoms with E-state index in [2.05, 4.69) is 38.0 Å². The first kappa shape index (κ1) is 17.4. The average Bonchev–Trinajstić information content (AvgIpc) is 3.00. The zero-order valence-electron chi connectivity index (χ0n) is 15.5. The molecule has 3 heterocycles. The van der Waals surface area contributed by atoms with Gasteiger partial charge in [-0.2, -0.15) is 5.26 Å². The van der Waals surface area contributed by atoms with Crippen LogP contribution < -0.4 is 4.90 Å². The van der Waals surface area contributed by atoms with Gasteiger partial charge >= 0.3 is 0 Å². The summed E-state index contributed by atoms with van der Waals surface area (Å²) >= 11 is 0. The first-order chi connectivity index (χ1) is 13.3. The molecular weight excluding hydrogens is 338 g/mol. The van der Waals surface area contributed by atoms with Gasteiger partial charge in [0.25, 0.3) is 0 Å². The van der Waals surface area contributed by atoms with Crippen molar-refractivity contribution in [1.82, 2.24) is 24.5 Å². The van der Waals surface area contributed by atoms with Crippen LogP contribution in [0.4, 0.5) is 5.82 Å². The van der Waals surface area contributed by atoms with Gasteiger partial charge in [0.1, 0.15) is 5.82 Å². The maximum absolute atomic E-state index is 8.93. The standard InChI is InChI=1S/C20H23N7/c1-2-18-23-24-20-19(22-8-11-27(18)20)26-10-3-9-25(12-13-26)15-17-6-4-16(14-21)5-7-17/h4-8,11H,2-3,9-10,12-13,15H2,1H3. The van der Waals surface area contributed by atoms with E-state index in [0.29, 0.717) is 5.56 Å². The smallest absolute Gasteiger partial charge is 0.203 e. The molecule has 3 aromatic rings. The summed E-state index contributed by atoms with van der Waals surface area (Å²) in [6.07, 6.45) is 5.70. The molecule has 0 radical (unpaired) electrons. The van der Waals surface area contributed by atoms with Crippen LogP contribution >= 0.6 is 0 Å². The third-order valence-electron chi connectivity index (χ3n) is 5.07. The van der Waals surface area contributed by atoms with Crippen LogP contribution in [0.2, 0.25) is 0 Å². The first-order valence-electron chi connectivity index (χ1n) is 9.43. The van der Waals surface area contributed by atoms with Gasteiger partial charge in [0.15, 0.2) is 5.82 Å². The van der Waals surface area contributed by atoms with Crippen molar-refractivity contribution in [3.05, 3.63) is 53.6 Å². The number of rotatable bonds is 4. The molecule has 138 valence electrons. The van der Waals surface area contributed by atoms with Crippen molar-refractivity contribution in [3.8, 4) is 6.07 Å². The molecule has 2 aromatic heterocycles. The lowest BCUT2D eigenvalue weighted by molar-refractivity contribution is 0.285.